The molecule has 0 saturated carbocycles. The average molecular weight is 787 g/mol. The summed E-state index contributed by atoms with van der Waals surface area (Å²) in [7, 11) is 0. The molecule has 6 aromatic rings. The molecule has 6 nitrogen and oxygen atoms in total. The summed E-state index contributed by atoms with van der Waals surface area (Å²) in [6.45, 7) is 21.4. The van der Waals surface area contributed by atoms with Gasteiger partial charge in [0.2, 0.25) is 0 Å². The molecule has 0 heterocycles. The summed E-state index contributed by atoms with van der Waals surface area (Å²) in [6, 6.07) is 39.9. The van der Waals surface area contributed by atoms with E-state index in [1.165, 1.54) is 11.1 Å². The Hall–Kier alpha value is -6.14. The highest BCUT2D eigenvalue weighted by Crippen LogP contribution is 2.37. The summed E-state index contributed by atoms with van der Waals surface area (Å²) >= 11 is 0. The van der Waals surface area contributed by atoms with Crippen molar-refractivity contribution < 1.29 is 19.7 Å². The number of ether oxygens (including phenoxy) is 2. The second-order valence-electron chi connectivity index (χ2n) is 17.1. The molecule has 0 aliphatic heterocycles. The molecular formula is C53H58N2O4. The second-order valence-corrected chi connectivity index (χ2v) is 17.1. The van der Waals surface area contributed by atoms with Gasteiger partial charge in [0, 0.05) is 29.0 Å². The van der Waals surface area contributed by atoms with Gasteiger partial charge in [0.15, 0.2) is 0 Å². The summed E-state index contributed by atoms with van der Waals surface area (Å²) in [5.41, 5.74) is 9.31. The van der Waals surface area contributed by atoms with Crippen molar-refractivity contribution in [1.82, 2.24) is 0 Å². The Labute approximate surface area is 351 Å². The minimum absolute atomic E-state index is 0.212. The molecule has 0 amide bonds. The van der Waals surface area contributed by atoms with Gasteiger partial charge in [-0.25, -0.2) is 0 Å². The lowest BCUT2D eigenvalue weighted by Crippen LogP contribution is -2.18. The van der Waals surface area contributed by atoms with Gasteiger partial charge in [0.05, 0.1) is 11.4 Å². The van der Waals surface area contributed by atoms with Crippen molar-refractivity contribution in [3.05, 3.63) is 166 Å². The van der Waals surface area contributed by atoms with Crippen LogP contribution < -0.4 is 9.47 Å². The molecule has 6 aromatic carbocycles. The van der Waals surface area contributed by atoms with Crippen molar-refractivity contribution in [1.29, 1.82) is 0 Å². The van der Waals surface area contributed by atoms with E-state index in [2.05, 4.69) is 116 Å². The highest BCUT2D eigenvalue weighted by molar-refractivity contribution is 5.87. The first-order valence-corrected chi connectivity index (χ1v) is 20.7. The zero-order valence-electron chi connectivity index (χ0n) is 36.1. The van der Waals surface area contributed by atoms with Gasteiger partial charge in [-0.3, -0.25) is 9.98 Å². The number of nitrogens with zero attached hydrogens (tertiary/aromatic N) is 2. The van der Waals surface area contributed by atoms with Crippen LogP contribution in [0.1, 0.15) is 137 Å². The van der Waals surface area contributed by atoms with Crippen LogP contribution in [0.5, 0.6) is 34.5 Å². The molecular weight excluding hydrogens is 729 g/mol. The van der Waals surface area contributed by atoms with Gasteiger partial charge in [0.1, 0.15) is 34.5 Å². The van der Waals surface area contributed by atoms with E-state index < -0.39 is 0 Å². The molecule has 0 aliphatic rings. The maximum absolute atomic E-state index is 10.9. The van der Waals surface area contributed by atoms with Gasteiger partial charge in [-0.2, -0.15) is 0 Å². The van der Waals surface area contributed by atoms with E-state index in [0.29, 0.717) is 34.8 Å². The van der Waals surface area contributed by atoms with Crippen LogP contribution in [-0.4, -0.2) is 22.6 Å². The van der Waals surface area contributed by atoms with Crippen molar-refractivity contribution >= 4 is 23.8 Å². The third-order valence-electron chi connectivity index (χ3n) is 11.0. The summed E-state index contributed by atoms with van der Waals surface area (Å²) in [5.74, 6) is 4.63. The van der Waals surface area contributed by atoms with E-state index in [0.717, 1.165) is 56.3 Å². The number of aliphatic imine (C=N–C) groups is 2. The Morgan fingerprint density at radius 1 is 0.441 bits per heavy atom. The maximum Gasteiger partial charge on any atom is 0.127 e. The molecule has 0 unspecified atom stereocenters. The van der Waals surface area contributed by atoms with Crippen molar-refractivity contribution in [2.24, 2.45) is 9.98 Å². The Balaban J connectivity index is 1.06. The van der Waals surface area contributed by atoms with Crippen molar-refractivity contribution in [2.75, 3.05) is 0 Å². The molecule has 0 atom stereocenters. The average Bonchev–Trinajstić information content (AvgIpc) is 3.21. The SMILES string of the molecule is CC(C)c1cc(C=Nc2ccc(Oc3ccc(C(C)(C)c4ccc(Oc5ccc(N=Cc6cc(C(C)C)cc(C(C)C)c6O)cc5)cc4)cc3)cc2)c(O)c(C(C)C)c1. The van der Waals surface area contributed by atoms with Gasteiger partial charge >= 0.3 is 0 Å². The minimum atomic E-state index is -0.255. The number of hydrogen-bond donors (Lipinski definition) is 2. The van der Waals surface area contributed by atoms with Crippen molar-refractivity contribution in [3.63, 3.8) is 0 Å². The highest BCUT2D eigenvalue weighted by atomic mass is 16.5. The number of phenols is 2. The highest BCUT2D eigenvalue weighted by Gasteiger charge is 2.23. The molecule has 59 heavy (non-hydrogen) atoms. The molecule has 6 rings (SSSR count). The van der Waals surface area contributed by atoms with Crippen LogP contribution in [0.15, 0.2) is 131 Å². The zero-order chi connectivity index (χ0) is 42.4. The first kappa shape index (κ1) is 42.5. The number of rotatable bonds is 14. The van der Waals surface area contributed by atoms with Crippen LogP contribution in [0.3, 0.4) is 0 Å². The lowest BCUT2D eigenvalue weighted by atomic mass is 9.78. The number of hydrogen-bond acceptors (Lipinski definition) is 6. The molecule has 0 aliphatic carbocycles. The normalized spacial score (nSPS) is 12.2. The monoisotopic (exact) mass is 786 g/mol. The Morgan fingerprint density at radius 2 is 0.746 bits per heavy atom. The largest absolute Gasteiger partial charge is 0.507 e. The molecule has 0 fully saturated rings. The summed E-state index contributed by atoms with van der Waals surface area (Å²) < 4.78 is 12.4. The van der Waals surface area contributed by atoms with E-state index in [4.69, 9.17) is 9.47 Å². The van der Waals surface area contributed by atoms with Crippen LogP contribution in [0.2, 0.25) is 0 Å². The first-order valence-electron chi connectivity index (χ1n) is 20.7. The minimum Gasteiger partial charge on any atom is -0.507 e. The van der Waals surface area contributed by atoms with E-state index in [-0.39, 0.29) is 17.3 Å². The Kier molecular flexibility index (Phi) is 13.1. The van der Waals surface area contributed by atoms with Crippen LogP contribution in [0, 0.1) is 0 Å². The fourth-order valence-electron chi connectivity index (χ4n) is 6.96. The zero-order valence-corrected chi connectivity index (χ0v) is 36.1. The fourth-order valence-corrected chi connectivity index (χ4v) is 6.96. The quantitative estimate of drug-likeness (QED) is 0.108. The summed E-state index contributed by atoms with van der Waals surface area (Å²) in [4.78, 5) is 9.30. The number of aromatic hydroxyl groups is 2. The lowest BCUT2D eigenvalue weighted by molar-refractivity contribution is 0.463. The molecule has 2 N–H and O–H groups in total. The van der Waals surface area contributed by atoms with Gasteiger partial charge in [-0.1, -0.05) is 106 Å². The van der Waals surface area contributed by atoms with Crippen molar-refractivity contribution in [3.8, 4) is 34.5 Å². The predicted molar refractivity (Wildman–Crippen MR) is 245 cm³/mol. The van der Waals surface area contributed by atoms with Gasteiger partial charge in [-0.15, -0.1) is 0 Å². The maximum atomic E-state index is 10.9. The fraction of sp³-hybridized carbons (Fsp3) is 0.283. The standard InChI is InChI=1S/C53H58N2O4/c1-33(2)37-27-39(51(56)49(29-37)35(5)6)31-54-43-15-23-47(24-16-43)58-45-19-11-41(12-20-45)53(9,10)42-13-21-46(22-14-42)59-48-25-17-44(18-26-48)55-32-40-28-38(34(3)4)30-50(36(7)8)52(40)57/h11-36,56-57H,1-10H3. The summed E-state index contributed by atoms with van der Waals surface area (Å²) in [6.07, 6.45) is 3.48. The van der Waals surface area contributed by atoms with Gasteiger partial charge < -0.3 is 19.7 Å². The molecule has 6 heteroatoms. The molecule has 304 valence electrons. The van der Waals surface area contributed by atoms with Crippen molar-refractivity contribution in [2.45, 2.75) is 98.3 Å². The first-order chi connectivity index (χ1) is 28.1. The van der Waals surface area contributed by atoms with Crippen LogP contribution in [0.25, 0.3) is 0 Å². The third kappa shape index (κ3) is 10.3. The molecule has 0 radical (unpaired) electrons. The molecule has 0 aromatic heterocycles. The second kappa shape index (κ2) is 18.2. The Bertz CT molecular complexity index is 2230. The smallest absolute Gasteiger partial charge is 0.127 e. The van der Waals surface area contributed by atoms with E-state index in [1.54, 1.807) is 12.4 Å². The number of phenolic OH excluding ortho intramolecular Hbond substituents is 2. The number of benzene rings is 6. The van der Waals surface area contributed by atoms with Crippen LogP contribution in [-0.2, 0) is 5.41 Å². The van der Waals surface area contributed by atoms with E-state index in [1.807, 2.05) is 84.9 Å². The molecule has 0 spiro atoms. The lowest BCUT2D eigenvalue weighted by Gasteiger charge is -2.26. The molecule has 0 bridgehead atoms. The Morgan fingerprint density at radius 3 is 1.03 bits per heavy atom. The van der Waals surface area contributed by atoms with Gasteiger partial charge in [-0.05, 0) is 142 Å². The third-order valence-corrected chi connectivity index (χ3v) is 11.0. The van der Waals surface area contributed by atoms with E-state index in [9.17, 15) is 10.2 Å². The topological polar surface area (TPSA) is 83.6 Å². The molecule has 0 saturated heterocycles. The summed E-state index contributed by atoms with van der Waals surface area (Å²) in [5, 5.41) is 21.8. The van der Waals surface area contributed by atoms with Gasteiger partial charge in [0.25, 0.3) is 0 Å². The predicted octanol–water partition coefficient (Wildman–Crippen LogP) is 15.0. The van der Waals surface area contributed by atoms with Crippen LogP contribution >= 0.6 is 0 Å². The van der Waals surface area contributed by atoms with E-state index >= 15 is 0 Å². The van der Waals surface area contributed by atoms with Crippen LogP contribution in [0.4, 0.5) is 11.4 Å².